The van der Waals surface area contributed by atoms with E-state index < -0.39 is 6.17 Å². The first-order chi connectivity index (χ1) is 12.2. The largest absolute Gasteiger partial charge is 0.451 e. The van der Waals surface area contributed by atoms with Gasteiger partial charge in [-0.05, 0) is 18.2 Å². The fraction of sp³-hybridized carbons (Fsp3) is 0.118. The third-order valence-electron chi connectivity index (χ3n) is 3.84. The van der Waals surface area contributed by atoms with Gasteiger partial charge in [-0.15, -0.1) is 0 Å². The highest BCUT2D eigenvalue weighted by molar-refractivity contribution is 5.73. The standard InChI is InChI=1S/C17H15FN6O/c18-12-4-2-1-3-11(12)8-24-15(14-9-25-10-21-14)7-13(23-24)17-20-6-5-16(19)22-17/h1-7,9-10,17,22H,8,19H2. The monoisotopic (exact) mass is 338 g/mol. The Hall–Kier alpha value is -3.42. The molecule has 126 valence electrons. The number of nitrogens with one attached hydrogen (secondary N) is 1. The molecule has 7 nitrogen and oxygen atoms in total. The number of aliphatic imine (C=N–C) groups is 1. The highest BCUT2D eigenvalue weighted by Crippen LogP contribution is 2.25. The topological polar surface area (TPSA) is 94.3 Å². The van der Waals surface area contributed by atoms with E-state index in [0.29, 0.717) is 28.5 Å². The summed E-state index contributed by atoms with van der Waals surface area (Å²) in [4.78, 5) is 8.49. The highest BCUT2D eigenvalue weighted by Gasteiger charge is 2.20. The van der Waals surface area contributed by atoms with Gasteiger partial charge in [-0.2, -0.15) is 5.10 Å². The molecule has 0 spiro atoms. The summed E-state index contributed by atoms with van der Waals surface area (Å²) in [6.45, 7) is 0.261. The summed E-state index contributed by atoms with van der Waals surface area (Å²) in [5, 5.41) is 7.61. The minimum absolute atomic E-state index is 0.261. The predicted molar refractivity (Wildman–Crippen MR) is 89.9 cm³/mol. The molecule has 3 heterocycles. The number of halogens is 1. The third-order valence-corrected chi connectivity index (χ3v) is 3.84. The quantitative estimate of drug-likeness (QED) is 0.760. The van der Waals surface area contributed by atoms with E-state index in [4.69, 9.17) is 10.2 Å². The second kappa shape index (κ2) is 6.23. The van der Waals surface area contributed by atoms with Gasteiger partial charge in [0.25, 0.3) is 0 Å². The van der Waals surface area contributed by atoms with E-state index in [2.05, 4.69) is 20.4 Å². The first-order valence-electron chi connectivity index (χ1n) is 7.66. The summed E-state index contributed by atoms with van der Waals surface area (Å²) in [7, 11) is 0. The molecule has 0 aliphatic carbocycles. The molecular weight excluding hydrogens is 323 g/mol. The molecule has 8 heteroatoms. The molecule has 25 heavy (non-hydrogen) atoms. The number of hydrogen-bond acceptors (Lipinski definition) is 6. The summed E-state index contributed by atoms with van der Waals surface area (Å²) in [6, 6.07) is 8.43. The zero-order chi connectivity index (χ0) is 17.2. The molecule has 1 aliphatic heterocycles. The normalized spacial score (nSPS) is 16.5. The smallest absolute Gasteiger partial charge is 0.181 e. The second-order valence-electron chi connectivity index (χ2n) is 5.54. The van der Waals surface area contributed by atoms with Crippen molar-refractivity contribution in [2.45, 2.75) is 12.7 Å². The van der Waals surface area contributed by atoms with Crippen LogP contribution in [0.2, 0.25) is 0 Å². The Labute approximate surface area is 142 Å². The van der Waals surface area contributed by atoms with Crippen LogP contribution in [0.15, 0.2) is 64.3 Å². The molecule has 4 rings (SSSR count). The van der Waals surface area contributed by atoms with Gasteiger partial charge in [0.2, 0.25) is 0 Å². The Bertz CT molecular complexity index is 944. The van der Waals surface area contributed by atoms with Crippen LogP contribution >= 0.6 is 0 Å². The fourth-order valence-corrected chi connectivity index (χ4v) is 2.63. The van der Waals surface area contributed by atoms with Gasteiger partial charge in [0.15, 0.2) is 12.6 Å². The molecule has 0 saturated heterocycles. The highest BCUT2D eigenvalue weighted by atomic mass is 19.1. The van der Waals surface area contributed by atoms with Crippen LogP contribution in [0.3, 0.4) is 0 Å². The summed E-state index contributed by atoms with van der Waals surface area (Å²) >= 11 is 0. The number of benzene rings is 1. The number of oxazole rings is 1. The minimum atomic E-state index is -0.405. The van der Waals surface area contributed by atoms with E-state index in [1.54, 1.807) is 35.2 Å². The van der Waals surface area contributed by atoms with Crippen LogP contribution in [0.5, 0.6) is 0 Å². The summed E-state index contributed by atoms with van der Waals surface area (Å²) in [5.41, 5.74) is 8.29. The van der Waals surface area contributed by atoms with Gasteiger partial charge in [0.05, 0.1) is 18.1 Å². The van der Waals surface area contributed by atoms with Crippen LogP contribution in [0, 0.1) is 5.82 Å². The van der Waals surface area contributed by atoms with Crippen molar-refractivity contribution in [3.05, 3.63) is 72.0 Å². The van der Waals surface area contributed by atoms with Gasteiger partial charge in [-0.25, -0.2) is 9.37 Å². The number of rotatable bonds is 4. The van der Waals surface area contributed by atoms with Crippen molar-refractivity contribution in [1.29, 1.82) is 0 Å². The van der Waals surface area contributed by atoms with Gasteiger partial charge in [0, 0.05) is 11.8 Å². The maximum absolute atomic E-state index is 14.0. The average Bonchev–Trinajstić information content (AvgIpc) is 3.26. The molecule has 1 atom stereocenters. The molecule has 1 aliphatic rings. The SMILES string of the molecule is NC1=CC=NC(c2cc(-c3cocn3)n(Cc3ccccc3F)n2)N1. The van der Waals surface area contributed by atoms with E-state index in [9.17, 15) is 4.39 Å². The molecule has 0 fully saturated rings. The van der Waals surface area contributed by atoms with E-state index in [1.165, 1.54) is 18.7 Å². The first-order valence-corrected chi connectivity index (χ1v) is 7.66. The Morgan fingerprint density at radius 1 is 1.32 bits per heavy atom. The van der Waals surface area contributed by atoms with E-state index in [0.717, 1.165) is 0 Å². The van der Waals surface area contributed by atoms with Crippen molar-refractivity contribution in [1.82, 2.24) is 20.1 Å². The lowest BCUT2D eigenvalue weighted by Crippen LogP contribution is -2.27. The van der Waals surface area contributed by atoms with Crippen molar-refractivity contribution < 1.29 is 8.81 Å². The average molecular weight is 338 g/mol. The van der Waals surface area contributed by atoms with Gasteiger partial charge in [-0.1, -0.05) is 18.2 Å². The van der Waals surface area contributed by atoms with Crippen LogP contribution in [0.1, 0.15) is 17.4 Å². The molecule has 0 saturated carbocycles. The van der Waals surface area contributed by atoms with Gasteiger partial charge in [-0.3, -0.25) is 9.67 Å². The van der Waals surface area contributed by atoms with Crippen molar-refractivity contribution in [2.24, 2.45) is 10.7 Å². The zero-order valence-electron chi connectivity index (χ0n) is 13.1. The summed E-state index contributed by atoms with van der Waals surface area (Å²) in [5.74, 6) is 0.221. The van der Waals surface area contributed by atoms with Crippen LogP contribution in [0.25, 0.3) is 11.4 Å². The lowest BCUT2D eigenvalue weighted by Gasteiger charge is -2.16. The number of aromatic nitrogens is 3. The van der Waals surface area contributed by atoms with E-state index in [1.807, 2.05) is 6.07 Å². The van der Waals surface area contributed by atoms with Crippen LogP contribution in [-0.2, 0) is 6.54 Å². The third kappa shape index (κ3) is 3.01. The van der Waals surface area contributed by atoms with Gasteiger partial charge in [0.1, 0.15) is 23.5 Å². The van der Waals surface area contributed by atoms with Gasteiger partial charge < -0.3 is 15.5 Å². The van der Waals surface area contributed by atoms with Crippen molar-refractivity contribution in [3.8, 4) is 11.4 Å². The Morgan fingerprint density at radius 2 is 2.20 bits per heavy atom. The Balaban J connectivity index is 1.73. The molecule has 3 N–H and O–H groups in total. The van der Waals surface area contributed by atoms with Crippen LogP contribution in [-0.4, -0.2) is 21.0 Å². The minimum Gasteiger partial charge on any atom is -0.451 e. The van der Waals surface area contributed by atoms with E-state index >= 15 is 0 Å². The number of nitrogens with zero attached hydrogens (tertiary/aromatic N) is 4. The van der Waals surface area contributed by atoms with Crippen LogP contribution < -0.4 is 11.1 Å². The second-order valence-corrected chi connectivity index (χ2v) is 5.54. The summed E-state index contributed by atoms with van der Waals surface area (Å²) in [6.07, 6.45) is 5.75. The molecule has 1 aromatic carbocycles. The molecule has 0 amide bonds. The van der Waals surface area contributed by atoms with Crippen LogP contribution in [0.4, 0.5) is 4.39 Å². The number of allylic oxidation sites excluding steroid dienone is 1. The predicted octanol–water partition coefficient (Wildman–Crippen LogP) is 2.20. The molecular formula is C17H15FN6O. The lowest BCUT2D eigenvalue weighted by atomic mass is 10.2. The van der Waals surface area contributed by atoms with Crippen molar-refractivity contribution in [3.63, 3.8) is 0 Å². The molecule has 0 bridgehead atoms. The summed E-state index contributed by atoms with van der Waals surface area (Å²) < 4.78 is 20.8. The van der Waals surface area contributed by atoms with Crippen molar-refractivity contribution in [2.75, 3.05) is 0 Å². The number of hydrogen-bond donors (Lipinski definition) is 2. The fourth-order valence-electron chi connectivity index (χ4n) is 2.63. The molecule has 3 aromatic rings. The van der Waals surface area contributed by atoms with Gasteiger partial charge >= 0.3 is 0 Å². The lowest BCUT2D eigenvalue weighted by molar-refractivity contribution is 0.556. The maximum Gasteiger partial charge on any atom is 0.181 e. The number of nitrogens with two attached hydrogens (primary N) is 1. The molecule has 1 unspecified atom stereocenters. The Kier molecular flexibility index (Phi) is 3.77. The maximum atomic E-state index is 14.0. The van der Waals surface area contributed by atoms with E-state index in [-0.39, 0.29) is 12.4 Å². The first kappa shape index (κ1) is 15.1. The Morgan fingerprint density at radius 3 is 2.96 bits per heavy atom. The molecule has 2 aromatic heterocycles. The zero-order valence-corrected chi connectivity index (χ0v) is 13.1. The molecule has 0 radical (unpaired) electrons. The van der Waals surface area contributed by atoms with Crippen molar-refractivity contribution >= 4 is 6.21 Å².